The largest absolute Gasteiger partial charge is 0.545 e. The van der Waals surface area contributed by atoms with Crippen molar-refractivity contribution in [2.24, 2.45) is 0 Å². The number of anilines is 1. The second kappa shape index (κ2) is 6.83. The average molecular weight is 393 g/mol. The quantitative estimate of drug-likeness (QED) is 0.636. The summed E-state index contributed by atoms with van der Waals surface area (Å²) in [7, 11) is 0. The molecule has 6 nitrogen and oxygen atoms in total. The van der Waals surface area contributed by atoms with Gasteiger partial charge in [-0.1, -0.05) is 29.8 Å². The monoisotopic (exact) mass is 392 g/mol. The summed E-state index contributed by atoms with van der Waals surface area (Å²) in [5.41, 5.74) is 0.563. The molecule has 0 bridgehead atoms. The third kappa shape index (κ3) is 3.00. The number of carboxylic acids is 1. The highest BCUT2D eigenvalue weighted by molar-refractivity contribution is 6.35. The first kappa shape index (κ1) is 17.8. The van der Waals surface area contributed by atoms with Gasteiger partial charge in [-0.3, -0.25) is 9.59 Å². The van der Waals surface area contributed by atoms with Crippen LogP contribution in [0, 0.1) is 0 Å². The summed E-state index contributed by atoms with van der Waals surface area (Å²) in [6.07, 6.45) is 0. The molecule has 0 unspecified atom stereocenters. The number of carboxylic acid groups (broad SMARTS) is 1. The van der Waals surface area contributed by atoms with Crippen LogP contribution in [0.15, 0.2) is 66.7 Å². The topological polar surface area (TPSA) is 86.7 Å². The van der Waals surface area contributed by atoms with Gasteiger partial charge in [0.25, 0.3) is 11.8 Å². The highest BCUT2D eigenvalue weighted by Crippen LogP contribution is 2.36. The molecular weight excluding hydrogens is 382 g/mol. The number of rotatable bonds is 4. The van der Waals surface area contributed by atoms with Crippen LogP contribution in [-0.4, -0.2) is 17.8 Å². The molecule has 138 valence electrons. The smallest absolute Gasteiger partial charge is 0.269 e. The SMILES string of the molecule is O=C([O-])c1ccc(N2C(=O)c3cccc(Oc4ccc(Cl)cc4)c3C2=O)cc1. The highest BCUT2D eigenvalue weighted by atomic mass is 35.5. The fourth-order valence-electron chi connectivity index (χ4n) is 2.95. The van der Waals surface area contributed by atoms with Crippen molar-refractivity contribution in [2.45, 2.75) is 0 Å². The Morgan fingerprint density at radius 3 is 2.21 bits per heavy atom. The van der Waals surface area contributed by atoms with Crippen LogP contribution in [0.25, 0.3) is 0 Å². The average Bonchev–Trinajstić information content (AvgIpc) is 2.95. The van der Waals surface area contributed by atoms with Gasteiger partial charge in [-0.2, -0.15) is 0 Å². The minimum atomic E-state index is -1.34. The molecule has 0 atom stereocenters. The highest BCUT2D eigenvalue weighted by Gasteiger charge is 2.39. The van der Waals surface area contributed by atoms with Crippen molar-refractivity contribution in [2.75, 3.05) is 4.90 Å². The lowest BCUT2D eigenvalue weighted by atomic mass is 10.1. The van der Waals surface area contributed by atoms with Crippen LogP contribution < -0.4 is 14.7 Å². The van der Waals surface area contributed by atoms with Crippen LogP contribution >= 0.6 is 11.6 Å². The standard InChI is InChI=1S/C21H12ClNO5/c22-13-6-10-15(11-7-13)28-17-3-1-2-16-18(17)20(25)23(19(16)24)14-8-4-12(5-9-14)21(26)27/h1-11H,(H,26,27)/p-1. The number of nitrogens with zero attached hydrogens (tertiary/aromatic N) is 1. The molecule has 3 aromatic carbocycles. The Morgan fingerprint density at radius 2 is 1.57 bits per heavy atom. The van der Waals surface area contributed by atoms with Gasteiger partial charge in [-0.25, -0.2) is 4.90 Å². The Balaban J connectivity index is 1.70. The maximum absolute atomic E-state index is 13.0. The molecule has 28 heavy (non-hydrogen) atoms. The van der Waals surface area contributed by atoms with Crippen LogP contribution in [0.1, 0.15) is 31.1 Å². The van der Waals surface area contributed by atoms with Crippen molar-refractivity contribution >= 4 is 35.1 Å². The Labute approximate surface area is 164 Å². The molecule has 1 aliphatic heterocycles. The number of hydrogen-bond acceptors (Lipinski definition) is 5. The summed E-state index contributed by atoms with van der Waals surface area (Å²) in [5.74, 6) is -1.69. The molecule has 0 N–H and O–H groups in total. The van der Waals surface area contributed by atoms with E-state index in [0.717, 1.165) is 4.90 Å². The number of carbonyl (C=O) groups excluding carboxylic acids is 3. The van der Waals surface area contributed by atoms with Crippen LogP contribution in [0.2, 0.25) is 5.02 Å². The number of fused-ring (bicyclic) bond motifs is 1. The van der Waals surface area contributed by atoms with E-state index in [1.807, 2.05) is 0 Å². The first-order valence-corrected chi connectivity index (χ1v) is 8.60. The van der Waals surface area contributed by atoms with Crippen LogP contribution in [-0.2, 0) is 0 Å². The number of benzene rings is 3. The molecule has 0 radical (unpaired) electrons. The number of carbonyl (C=O) groups is 3. The fraction of sp³-hybridized carbons (Fsp3) is 0. The zero-order chi connectivity index (χ0) is 19.8. The maximum atomic E-state index is 13.0. The Bertz CT molecular complexity index is 1110. The van der Waals surface area contributed by atoms with Crippen molar-refractivity contribution in [1.82, 2.24) is 0 Å². The molecular formula is C21H11ClNO5-. The zero-order valence-electron chi connectivity index (χ0n) is 14.2. The molecule has 0 aromatic heterocycles. The van der Waals surface area contributed by atoms with Crippen molar-refractivity contribution in [3.63, 3.8) is 0 Å². The summed E-state index contributed by atoms with van der Waals surface area (Å²) < 4.78 is 5.79. The summed E-state index contributed by atoms with van der Waals surface area (Å²) in [5, 5.41) is 11.4. The van der Waals surface area contributed by atoms with Crippen molar-refractivity contribution < 1.29 is 24.2 Å². The number of aromatic carboxylic acids is 1. The number of imide groups is 1. The lowest BCUT2D eigenvalue weighted by molar-refractivity contribution is -0.255. The van der Waals surface area contributed by atoms with E-state index < -0.39 is 17.8 Å². The van der Waals surface area contributed by atoms with Crippen LogP contribution in [0.3, 0.4) is 0 Å². The molecule has 2 amide bonds. The van der Waals surface area contributed by atoms with E-state index in [1.54, 1.807) is 42.5 Å². The molecule has 0 saturated carbocycles. The minimum Gasteiger partial charge on any atom is -0.545 e. The number of ether oxygens (including phenoxy) is 1. The predicted molar refractivity (Wildman–Crippen MR) is 99.9 cm³/mol. The molecule has 0 fully saturated rings. The molecule has 7 heteroatoms. The van der Waals surface area contributed by atoms with Gasteiger partial charge in [0, 0.05) is 5.02 Å². The van der Waals surface area contributed by atoms with E-state index in [0.29, 0.717) is 10.8 Å². The molecule has 3 aromatic rings. The van der Waals surface area contributed by atoms with Gasteiger partial charge in [0.15, 0.2) is 0 Å². The van der Waals surface area contributed by atoms with E-state index in [-0.39, 0.29) is 28.1 Å². The first-order valence-electron chi connectivity index (χ1n) is 8.22. The minimum absolute atomic E-state index is 0.0490. The second-order valence-electron chi connectivity index (χ2n) is 6.01. The van der Waals surface area contributed by atoms with Gasteiger partial charge < -0.3 is 14.6 Å². The molecule has 0 spiro atoms. The summed E-state index contributed by atoms with van der Waals surface area (Å²) in [6, 6.07) is 16.7. The Morgan fingerprint density at radius 1 is 0.893 bits per heavy atom. The van der Waals surface area contributed by atoms with Crippen LogP contribution in [0.4, 0.5) is 5.69 Å². The van der Waals surface area contributed by atoms with Gasteiger partial charge in [0.05, 0.1) is 22.8 Å². The Hall–Kier alpha value is -3.64. The van der Waals surface area contributed by atoms with Gasteiger partial charge in [-0.05, 0) is 54.1 Å². The van der Waals surface area contributed by atoms with Gasteiger partial charge in [-0.15, -0.1) is 0 Å². The fourth-order valence-corrected chi connectivity index (χ4v) is 3.08. The summed E-state index contributed by atoms with van der Waals surface area (Å²) in [4.78, 5) is 37.6. The predicted octanol–water partition coefficient (Wildman–Crippen LogP) is 3.30. The van der Waals surface area contributed by atoms with E-state index in [2.05, 4.69) is 0 Å². The van der Waals surface area contributed by atoms with E-state index in [4.69, 9.17) is 16.3 Å². The molecule has 4 rings (SSSR count). The summed E-state index contributed by atoms with van der Waals surface area (Å²) >= 11 is 5.87. The van der Waals surface area contributed by atoms with Crippen molar-refractivity contribution in [1.29, 1.82) is 0 Å². The van der Waals surface area contributed by atoms with Gasteiger partial charge in [0.1, 0.15) is 11.5 Å². The normalized spacial score (nSPS) is 12.8. The van der Waals surface area contributed by atoms with E-state index in [9.17, 15) is 19.5 Å². The third-order valence-electron chi connectivity index (χ3n) is 4.28. The van der Waals surface area contributed by atoms with E-state index >= 15 is 0 Å². The third-order valence-corrected chi connectivity index (χ3v) is 4.53. The second-order valence-corrected chi connectivity index (χ2v) is 6.45. The van der Waals surface area contributed by atoms with Crippen molar-refractivity contribution in [3.05, 3.63) is 88.4 Å². The molecule has 0 aliphatic carbocycles. The van der Waals surface area contributed by atoms with Gasteiger partial charge in [0.2, 0.25) is 0 Å². The van der Waals surface area contributed by atoms with Crippen LogP contribution in [0.5, 0.6) is 11.5 Å². The van der Waals surface area contributed by atoms with E-state index in [1.165, 1.54) is 24.3 Å². The number of amides is 2. The lowest BCUT2D eigenvalue weighted by Crippen LogP contribution is -2.29. The number of hydrogen-bond donors (Lipinski definition) is 0. The van der Waals surface area contributed by atoms with Gasteiger partial charge >= 0.3 is 0 Å². The maximum Gasteiger partial charge on any atom is 0.269 e. The molecule has 1 heterocycles. The molecule has 1 aliphatic rings. The number of halogens is 1. The lowest BCUT2D eigenvalue weighted by Gasteiger charge is -2.15. The zero-order valence-corrected chi connectivity index (χ0v) is 15.0. The summed E-state index contributed by atoms with van der Waals surface area (Å²) in [6.45, 7) is 0. The molecule has 0 saturated heterocycles. The Kier molecular flexibility index (Phi) is 4.33. The van der Waals surface area contributed by atoms with Crippen molar-refractivity contribution in [3.8, 4) is 11.5 Å². The first-order chi connectivity index (χ1) is 13.5.